The van der Waals surface area contributed by atoms with Gasteiger partial charge in [-0.3, -0.25) is 11.3 Å². The molecule has 1 atom stereocenters. The van der Waals surface area contributed by atoms with Crippen molar-refractivity contribution in [1.29, 1.82) is 0 Å². The molecule has 0 aliphatic carbocycles. The Morgan fingerprint density at radius 3 is 2.40 bits per heavy atom. The van der Waals surface area contributed by atoms with E-state index in [2.05, 4.69) is 42.1 Å². The van der Waals surface area contributed by atoms with Crippen LogP contribution in [0.15, 0.2) is 22.7 Å². The van der Waals surface area contributed by atoms with E-state index in [0.29, 0.717) is 4.47 Å². The molecular formula is C11H16BrFN2. The van der Waals surface area contributed by atoms with Gasteiger partial charge in [0.1, 0.15) is 5.82 Å². The number of hydrogen-bond donors (Lipinski definition) is 2. The van der Waals surface area contributed by atoms with E-state index in [1.165, 1.54) is 6.07 Å². The van der Waals surface area contributed by atoms with E-state index in [9.17, 15) is 4.39 Å². The van der Waals surface area contributed by atoms with Crippen LogP contribution in [0.25, 0.3) is 0 Å². The fraction of sp³-hybridized carbons (Fsp3) is 0.455. The zero-order chi connectivity index (χ0) is 11.6. The van der Waals surface area contributed by atoms with Crippen LogP contribution in [-0.2, 0) is 0 Å². The van der Waals surface area contributed by atoms with Gasteiger partial charge < -0.3 is 0 Å². The van der Waals surface area contributed by atoms with Crippen LogP contribution in [0.4, 0.5) is 4.39 Å². The molecule has 84 valence electrons. The molecule has 0 saturated heterocycles. The predicted molar refractivity (Wildman–Crippen MR) is 63.6 cm³/mol. The molecule has 0 aliphatic rings. The fourth-order valence-corrected chi connectivity index (χ4v) is 1.78. The van der Waals surface area contributed by atoms with Crippen LogP contribution >= 0.6 is 15.9 Å². The van der Waals surface area contributed by atoms with Crippen molar-refractivity contribution in [2.75, 3.05) is 0 Å². The molecule has 0 heterocycles. The molecule has 0 radical (unpaired) electrons. The van der Waals surface area contributed by atoms with Gasteiger partial charge in [-0.15, -0.1) is 0 Å². The topological polar surface area (TPSA) is 38.0 Å². The summed E-state index contributed by atoms with van der Waals surface area (Å²) in [5.41, 5.74) is 3.52. The van der Waals surface area contributed by atoms with Gasteiger partial charge in [-0.05, 0) is 39.0 Å². The molecule has 2 nitrogen and oxygen atoms in total. The van der Waals surface area contributed by atoms with Gasteiger partial charge in [0, 0.05) is 0 Å². The van der Waals surface area contributed by atoms with Crippen molar-refractivity contribution in [3.63, 3.8) is 0 Å². The summed E-state index contributed by atoms with van der Waals surface area (Å²) in [6.07, 6.45) is 0. The fourth-order valence-electron chi connectivity index (χ4n) is 1.54. The van der Waals surface area contributed by atoms with Gasteiger partial charge in [0.15, 0.2) is 0 Å². The smallest absolute Gasteiger partial charge is 0.137 e. The summed E-state index contributed by atoms with van der Waals surface area (Å²) < 4.78 is 13.8. The Morgan fingerprint density at radius 1 is 1.40 bits per heavy atom. The number of nitrogens with one attached hydrogen (secondary N) is 1. The number of halogens is 2. The highest BCUT2D eigenvalue weighted by Crippen LogP contribution is 2.33. The third-order valence-electron chi connectivity index (χ3n) is 2.31. The largest absolute Gasteiger partial charge is 0.271 e. The van der Waals surface area contributed by atoms with Gasteiger partial charge in [-0.2, -0.15) is 0 Å². The first-order chi connectivity index (χ1) is 6.86. The van der Waals surface area contributed by atoms with Crippen LogP contribution in [-0.4, -0.2) is 0 Å². The minimum Gasteiger partial charge on any atom is -0.271 e. The molecule has 0 spiro atoms. The molecular weight excluding hydrogens is 259 g/mol. The van der Waals surface area contributed by atoms with E-state index in [0.717, 1.165) is 5.56 Å². The monoisotopic (exact) mass is 274 g/mol. The van der Waals surface area contributed by atoms with Crippen LogP contribution in [0.3, 0.4) is 0 Å². The highest BCUT2D eigenvalue weighted by atomic mass is 79.9. The minimum absolute atomic E-state index is 0.0605. The first-order valence-corrected chi connectivity index (χ1v) is 5.56. The quantitative estimate of drug-likeness (QED) is 0.642. The maximum Gasteiger partial charge on any atom is 0.137 e. The number of hydrazine groups is 1. The third kappa shape index (κ3) is 3.00. The Labute approximate surface area is 98.1 Å². The SMILES string of the molecule is CC(C)(C)C(NN)c1ccc(Br)c(F)c1. The lowest BCUT2D eigenvalue weighted by Gasteiger charge is -2.30. The molecule has 1 aromatic rings. The average molecular weight is 275 g/mol. The van der Waals surface area contributed by atoms with Crippen molar-refractivity contribution < 1.29 is 4.39 Å². The lowest BCUT2D eigenvalue weighted by Crippen LogP contribution is -2.36. The number of nitrogens with two attached hydrogens (primary N) is 1. The molecule has 4 heteroatoms. The summed E-state index contributed by atoms with van der Waals surface area (Å²) >= 11 is 3.12. The van der Waals surface area contributed by atoms with E-state index in [1.54, 1.807) is 6.07 Å². The van der Waals surface area contributed by atoms with E-state index >= 15 is 0 Å². The Balaban J connectivity index is 3.08. The van der Waals surface area contributed by atoms with Crippen LogP contribution in [0, 0.1) is 11.2 Å². The van der Waals surface area contributed by atoms with Crippen molar-refractivity contribution in [2.45, 2.75) is 26.8 Å². The Kier molecular flexibility index (Phi) is 3.87. The number of hydrogen-bond acceptors (Lipinski definition) is 2. The molecule has 0 fully saturated rings. The predicted octanol–water partition coefficient (Wildman–Crippen LogP) is 3.14. The second-order valence-electron chi connectivity index (χ2n) is 4.64. The summed E-state index contributed by atoms with van der Waals surface area (Å²) in [6, 6.07) is 4.99. The summed E-state index contributed by atoms with van der Waals surface area (Å²) in [7, 11) is 0. The first kappa shape index (κ1) is 12.6. The second kappa shape index (κ2) is 4.60. The maximum absolute atomic E-state index is 13.3. The van der Waals surface area contributed by atoms with Gasteiger partial charge in [0.2, 0.25) is 0 Å². The van der Waals surface area contributed by atoms with E-state index in [-0.39, 0.29) is 17.3 Å². The lowest BCUT2D eigenvalue weighted by molar-refractivity contribution is 0.275. The summed E-state index contributed by atoms with van der Waals surface area (Å²) in [5.74, 6) is 5.23. The molecule has 1 unspecified atom stereocenters. The summed E-state index contributed by atoms with van der Waals surface area (Å²) in [5, 5.41) is 0. The van der Waals surface area contributed by atoms with Crippen molar-refractivity contribution >= 4 is 15.9 Å². The van der Waals surface area contributed by atoms with Crippen LogP contribution in [0.5, 0.6) is 0 Å². The molecule has 3 N–H and O–H groups in total. The highest BCUT2D eigenvalue weighted by Gasteiger charge is 2.25. The normalized spacial score (nSPS) is 14.0. The lowest BCUT2D eigenvalue weighted by atomic mass is 9.83. The standard InChI is InChI=1S/C11H16BrFN2/c1-11(2,3)10(15-14)7-4-5-8(12)9(13)6-7/h4-6,10,15H,14H2,1-3H3. The maximum atomic E-state index is 13.3. The molecule has 0 bridgehead atoms. The third-order valence-corrected chi connectivity index (χ3v) is 2.95. The van der Waals surface area contributed by atoms with Crippen molar-refractivity contribution in [3.8, 4) is 0 Å². The zero-order valence-electron chi connectivity index (χ0n) is 9.14. The van der Waals surface area contributed by atoms with Gasteiger partial charge in [-0.25, -0.2) is 4.39 Å². The van der Waals surface area contributed by atoms with Gasteiger partial charge >= 0.3 is 0 Å². The summed E-state index contributed by atoms with van der Waals surface area (Å²) in [6.45, 7) is 6.16. The van der Waals surface area contributed by atoms with E-state index < -0.39 is 0 Å². The summed E-state index contributed by atoms with van der Waals surface area (Å²) in [4.78, 5) is 0. The zero-order valence-corrected chi connectivity index (χ0v) is 10.7. The Bertz CT molecular complexity index is 347. The molecule has 1 aromatic carbocycles. The number of benzene rings is 1. The van der Waals surface area contributed by atoms with Gasteiger partial charge in [-0.1, -0.05) is 26.8 Å². The highest BCUT2D eigenvalue weighted by molar-refractivity contribution is 9.10. The molecule has 0 amide bonds. The van der Waals surface area contributed by atoms with Crippen LogP contribution in [0.2, 0.25) is 0 Å². The second-order valence-corrected chi connectivity index (χ2v) is 5.49. The van der Waals surface area contributed by atoms with Gasteiger partial charge in [0.25, 0.3) is 0 Å². The number of rotatable bonds is 2. The van der Waals surface area contributed by atoms with Crippen LogP contribution in [0.1, 0.15) is 32.4 Å². The van der Waals surface area contributed by atoms with E-state index in [4.69, 9.17) is 5.84 Å². The van der Waals surface area contributed by atoms with E-state index in [1.807, 2.05) is 6.07 Å². The Morgan fingerprint density at radius 2 is 2.00 bits per heavy atom. The van der Waals surface area contributed by atoms with Crippen molar-refractivity contribution in [2.24, 2.45) is 11.3 Å². The Hall–Kier alpha value is -0.450. The molecule has 0 aliphatic heterocycles. The molecule has 0 saturated carbocycles. The van der Waals surface area contributed by atoms with Crippen molar-refractivity contribution in [3.05, 3.63) is 34.1 Å². The first-order valence-electron chi connectivity index (χ1n) is 4.77. The minimum atomic E-state index is -0.267. The molecule has 1 rings (SSSR count). The van der Waals surface area contributed by atoms with Crippen LogP contribution < -0.4 is 11.3 Å². The van der Waals surface area contributed by atoms with Crippen molar-refractivity contribution in [1.82, 2.24) is 5.43 Å². The van der Waals surface area contributed by atoms with Gasteiger partial charge in [0.05, 0.1) is 10.5 Å². The molecule has 15 heavy (non-hydrogen) atoms. The molecule has 0 aromatic heterocycles. The average Bonchev–Trinajstić information content (AvgIpc) is 2.10.